The molecule has 0 unspecified atom stereocenters. The number of hydrogen-bond donors (Lipinski definition) is 0. The monoisotopic (exact) mass is 385 g/mol. The van der Waals surface area contributed by atoms with E-state index in [9.17, 15) is 0 Å². The van der Waals surface area contributed by atoms with E-state index in [4.69, 9.17) is 14.2 Å². The Labute approximate surface area is 163 Å². The minimum absolute atomic E-state index is 0.579. The third kappa shape index (κ3) is 4.74. The van der Waals surface area contributed by atoms with Gasteiger partial charge in [-0.25, -0.2) is 0 Å². The zero-order valence-corrected chi connectivity index (χ0v) is 16.5. The number of methoxy groups -OCH3 is 1. The number of ether oxygens (including phenoxy) is 3. The fraction of sp³-hybridized carbons (Fsp3) is 0.300. The summed E-state index contributed by atoms with van der Waals surface area (Å²) in [6, 6.07) is 15.4. The molecule has 0 fully saturated rings. The van der Waals surface area contributed by atoms with Crippen LogP contribution in [0.15, 0.2) is 53.7 Å². The van der Waals surface area contributed by atoms with E-state index in [1.54, 1.807) is 18.9 Å². The molecule has 0 aliphatic heterocycles. The molecular weight excluding hydrogens is 362 g/mol. The standard InChI is InChI=1S/C20H23N3O3S/c1-4-25-15-9-11-16(12-10-15)26-13-14-27-20-22-21-19(23(20)2)17-7-5-6-8-18(17)24-3/h5-12H,4,13-14H2,1-3H3. The first-order valence-corrected chi connectivity index (χ1v) is 9.72. The van der Waals surface area contributed by atoms with Gasteiger partial charge >= 0.3 is 0 Å². The lowest BCUT2D eigenvalue weighted by Gasteiger charge is -2.09. The molecule has 0 amide bonds. The Balaban J connectivity index is 1.55. The van der Waals surface area contributed by atoms with Crippen molar-refractivity contribution in [2.24, 2.45) is 7.05 Å². The van der Waals surface area contributed by atoms with Gasteiger partial charge in [-0.2, -0.15) is 0 Å². The number of hydrogen-bond acceptors (Lipinski definition) is 6. The van der Waals surface area contributed by atoms with E-state index in [0.29, 0.717) is 13.2 Å². The van der Waals surface area contributed by atoms with E-state index in [-0.39, 0.29) is 0 Å². The van der Waals surface area contributed by atoms with Crippen molar-refractivity contribution in [1.29, 1.82) is 0 Å². The molecule has 2 aromatic carbocycles. The highest BCUT2D eigenvalue weighted by atomic mass is 32.2. The van der Waals surface area contributed by atoms with Gasteiger partial charge < -0.3 is 18.8 Å². The van der Waals surface area contributed by atoms with Crippen LogP contribution in [0.4, 0.5) is 0 Å². The lowest BCUT2D eigenvalue weighted by molar-refractivity contribution is 0.332. The number of thioether (sulfide) groups is 1. The quantitative estimate of drug-likeness (QED) is 0.409. The summed E-state index contributed by atoms with van der Waals surface area (Å²) in [5, 5.41) is 9.45. The molecule has 1 aromatic heterocycles. The third-order valence-corrected chi connectivity index (χ3v) is 4.89. The van der Waals surface area contributed by atoms with E-state index in [1.165, 1.54) is 0 Å². The van der Waals surface area contributed by atoms with Crippen molar-refractivity contribution >= 4 is 11.8 Å². The molecule has 0 atom stereocenters. The van der Waals surface area contributed by atoms with Gasteiger partial charge in [-0.05, 0) is 43.3 Å². The van der Waals surface area contributed by atoms with Crippen molar-refractivity contribution in [1.82, 2.24) is 14.8 Å². The molecule has 142 valence electrons. The topological polar surface area (TPSA) is 58.4 Å². The van der Waals surface area contributed by atoms with Crippen LogP contribution in [-0.2, 0) is 7.05 Å². The summed E-state index contributed by atoms with van der Waals surface area (Å²) in [7, 11) is 3.61. The van der Waals surface area contributed by atoms with Crippen molar-refractivity contribution in [2.75, 3.05) is 26.1 Å². The average molecular weight is 385 g/mol. The second-order valence-electron chi connectivity index (χ2n) is 5.67. The van der Waals surface area contributed by atoms with Crippen LogP contribution < -0.4 is 14.2 Å². The van der Waals surface area contributed by atoms with E-state index in [0.717, 1.165) is 39.5 Å². The smallest absolute Gasteiger partial charge is 0.191 e. The Morgan fingerprint density at radius 2 is 1.67 bits per heavy atom. The van der Waals surface area contributed by atoms with Crippen LogP contribution in [-0.4, -0.2) is 40.8 Å². The highest BCUT2D eigenvalue weighted by molar-refractivity contribution is 7.99. The van der Waals surface area contributed by atoms with Crippen LogP contribution >= 0.6 is 11.8 Å². The molecule has 0 saturated heterocycles. The van der Waals surface area contributed by atoms with Crippen LogP contribution in [0.3, 0.4) is 0 Å². The highest BCUT2D eigenvalue weighted by Crippen LogP contribution is 2.30. The second kappa shape index (κ2) is 9.32. The van der Waals surface area contributed by atoms with Crippen molar-refractivity contribution < 1.29 is 14.2 Å². The number of benzene rings is 2. The van der Waals surface area contributed by atoms with Crippen molar-refractivity contribution in [2.45, 2.75) is 12.1 Å². The van der Waals surface area contributed by atoms with Gasteiger partial charge in [0.2, 0.25) is 0 Å². The van der Waals surface area contributed by atoms with Crippen LogP contribution in [0.25, 0.3) is 11.4 Å². The lowest BCUT2D eigenvalue weighted by atomic mass is 10.2. The first-order chi connectivity index (χ1) is 13.2. The van der Waals surface area contributed by atoms with E-state index < -0.39 is 0 Å². The summed E-state index contributed by atoms with van der Waals surface area (Å²) in [5.41, 5.74) is 0.924. The fourth-order valence-corrected chi connectivity index (χ4v) is 3.32. The summed E-state index contributed by atoms with van der Waals surface area (Å²) in [5.74, 6) is 4.00. The predicted octanol–water partition coefficient (Wildman–Crippen LogP) is 4.06. The van der Waals surface area contributed by atoms with Gasteiger partial charge in [0.15, 0.2) is 11.0 Å². The van der Waals surface area contributed by atoms with Crippen LogP contribution in [0, 0.1) is 0 Å². The number of rotatable bonds is 9. The fourth-order valence-electron chi connectivity index (χ4n) is 2.60. The maximum atomic E-state index is 5.77. The molecule has 6 nitrogen and oxygen atoms in total. The molecule has 1 heterocycles. The highest BCUT2D eigenvalue weighted by Gasteiger charge is 2.14. The number of para-hydroxylation sites is 1. The second-order valence-corrected chi connectivity index (χ2v) is 6.73. The van der Waals surface area contributed by atoms with E-state index >= 15 is 0 Å². The molecule has 7 heteroatoms. The molecule has 0 bridgehead atoms. The van der Waals surface area contributed by atoms with Gasteiger partial charge in [0, 0.05) is 12.8 Å². The predicted molar refractivity (Wildman–Crippen MR) is 107 cm³/mol. The number of nitrogens with zero attached hydrogens (tertiary/aromatic N) is 3. The van der Waals surface area contributed by atoms with Crippen LogP contribution in [0.5, 0.6) is 17.2 Å². The third-order valence-electron chi connectivity index (χ3n) is 3.90. The van der Waals surface area contributed by atoms with Gasteiger partial charge in [0.1, 0.15) is 17.2 Å². The number of aromatic nitrogens is 3. The Morgan fingerprint density at radius 1 is 0.963 bits per heavy atom. The zero-order valence-electron chi connectivity index (χ0n) is 15.7. The van der Waals surface area contributed by atoms with Gasteiger partial charge in [-0.15, -0.1) is 10.2 Å². The molecule has 0 saturated carbocycles. The molecule has 3 aromatic rings. The van der Waals surface area contributed by atoms with Crippen molar-refractivity contribution in [3.8, 4) is 28.6 Å². The van der Waals surface area contributed by atoms with Gasteiger partial charge in [-0.1, -0.05) is 23.9 Å². The molecule has 0 aliphatic carbocycles. The van der Waals surface area contributed by atoms with Crippen LogP contribution in [0.2, 0.25) is 0 Å². The first kappa shape index (κ1) is 19.1. The molecule has 0 aliphatic rings. The van der Waals surface area contributed by atoms with E-state index in [2.05, 4.69) is 10.2 Å². The zero-order chi connectivity index (χ0) is 19.1. The average Bonchev–Trinajstić information content (AvgIpc) is 3.07. The maximum Gasteiger partial charge on any atom is 0.191 e. The van der Waals surface area contributed by atoms with E-state index in [1.807, 2.05) is 67.1 Å². The first-order valence-electron chi connectivity index (χ1n) is 8.74. The van der Waals surface area contributed by atoms with Crippen molar-refractivity contribution in [3.05, 3.63) is 48.5 Å². The summed E-state index contributed by atoms with van der Waals surface area (Å²) in [4.78, 5) is 0. The van der Waals surface area contributed by atoms with Gasteiger partial charge in [0.05, 0.1) is 25.9 Å². The molecular formula is C20H23N3O3S. The molecule has 0 spiro atoms. The summed E-state index contributed by atoms with van der Waals surface area (Å²) in [6.07, 6.45) is 0. The minimum atomic E-state index is 0.579. The van der Waals surface area contributed by atoms with Gasteiger partial charge in [-0.3, -0.25) is 0 Å². The Hall–Kier alpha value is -2.67. The summed E-state index contributed by atoms with van der Waals surface area (Å²) >= 11 is 1.61. The normalized spacial score (nSPS) is 10.6. The van der Waals surface area contributed by atoms with Crippen molar-refractivity contribution in [3.63, 3.8) is 0 Å². The molecule has 0 radical (unpaired) electrons. The summed E-state index contributed by atoms with van der Waals surface area (Å²) in [6.45, 7) is 3.20. The SMILES string of the molecule is CCOc1ccc(OCCSc2nnc(-c3ccccc3OC)n2C)cc1. The molecule has 3 rings (SSSR count). The Kier molecular flexibility index (Phi) is 6.59. The minimum Gasteiger partial charge on any atom is -0.496 e. The Bertz CT molecular complexity index is 865. The Morgan fingerprint density at radius 3 is 2.37 bits per heavy atom. The summed E-state index contributed by atoms with van der Waals surface area (Å²) < 4.78 is 18.6. The molecule has 0 N–H and O–H groups in total. The lowest BCUT2D eigenvalue weighted by Crippen LogP contribution is -2.02. The van der Waals surface area contributed by atoms with Crippen LogP contribution in [0.1, 0.15) is 6.92 Å². The maximum absolute atomic E-state index is 5.77. The van der Waals surface area contributed by atoms with Gasteiger partial charge in [0.25, 0.3) is 0 Å². The largest absolute Gasteiger partial charge is 0.496 e. The molecule has 27 heavy (non-hydrogen) atoms.